The molecule has 5 heteroatoms. The Labute approximate surface area is 502 Å². The van der Waals surface area contributed by atoms with Crippen molar-refractivity contribution in [3.8, 4) is 11.1 Å². The third-order valence-corrected chi connectivity index (χ3v) is 21.5. The summed E-state index contributed by atoms with van der Waals surface area (Å²) in [6.07, 6.45) is 10.6. The highest BCUT2D eigenvalue weighted by Crippen LogP contribution is 2.55. The van der Waals surface area contributed by atoms with Gasteiger partial charge in [-0.15, -0.1) is 0 Å². The van der Waals surface area contributed by atoms with E-state index in [-0.39, 0.29) is 39.2 Å². The predicted molar refractivity (Wildman–Crippen MR) is 360 cm³/mol. The van der Waals surface area contributed by atoms with E-state index in [1.54, 1.807) is 0 Å². The van der Waals surface area contributed by atoms with Gasteiger partial charge in [0.15, 0.2) is 0 Å². The highest BCUT2D eigenvalue weighted by Gasteiger charge is 2.49. The number of anilines is 9. The Bertz CT molecular complexity index is 4050. The summed E-state index contributed by atoms with van der Waals surface area (Å²) in [5.74, 6) is 0.944. The van der Waals surface area contributed by atoms with Crippen LogP contribution in [0, 0.1) is 6.92 Å². The third kappa shape index (κ3) is 8.58. The van der Waals surface area contributed by atoms with Gasteiger partial charge in [-0.05, 0) is 236 Å². The first-order valence-electron chi connectivity index (χ1n) is 31.8. The molecule has 0 atom stereocenters. The van der Waals surface area contributed by atoms with Gasteiger partial charge in [-0.25, -0.2) is 0 Å². The topological polar surface area (TPSA) is 22.9 Å². The van der Waals surface area contributed by atoms with Crippen LogP contribution in [0.5, 0.6) is 0 Å². The number of hydrogen-bond acceptors (Lipinski definition) is 4. The summed E-state index contributed by atoms with van der Waals surface area (Å²) < 4.78 is 7.75. The molecule has 0 N–H and O–H groups in total. The molecule has 1 fully saturated rings. The number of benzene rings is 8. The summed E-state index contributed by atoms with van der Waals surface area (Å²) in [5.41, 5.74) is 28.4. The van der Waals surface area contributed by atoms with Crippen LogP contribution in [-0.4, -0.2) is 6.71 Å². The molecule has 14 rings (SSSR count). The van der Waals surface area contributed by atoms with Gasteiger partial charge >= 0.3 is 0 Å². The largest absolute Gasteiger partial charge is 0.440 e. The number of furan rings is 1. The number of rotatable bonds is 8. The van der Waals surface area contributed by atoms with E-state index in [0.29, 0.717) is 0 Å². The number of hydrogen-bond donors (Lipinski definition) is 0. The molecular weight excluding hydrogens is 1020 g/mol. The molecule has 0 bridgehead atoms. The Morgan fingerprint density at radius 1 is 0.488 bits per heavy atom. The second kappa shape index (κ2) is 19.1. The zero-order chi connectivity index (χ0) is 58.6. The van der Waals surface area contributed by atoms with Gasteiger partial charge in [0.2, 0.25) is 5.88 Å². The fourth-order valence-corrected chi connectivity index (χ4v) is 16.1. The normalized spacial score (nSPS) is 18.4. The second-order valence-corrected chi connectivity index (χ2v) is 30.0. The molecule has 0 radical (unpaired) electrons. The van der Waals surface area contributed by atoms with Gasteiger partial charge in [-0.1, -0.05) is 176 Å². The first kappa shape index (κ1) is 54.7. The molecule has 1 aromatic heterocycles. The molecule has 2 aliphatic heterocycles. The van der Waals surface area contributed by atoms with Crippen LogP contribution in [0.1, 0.15) is 186 Å². The molecule has 84 heavy (non-hydrogen) atoms. The van der Waals surface area contributed by atoms with Crippen molar-refractivity contribution < 1.29 is 4.42 Å². The zero-order valence-electron chi connectivity index (χ0n) is 52.7. The van der Waals surface area contributed by atoms with Crippen LogP contribution in [0.4, 0.5) is 51.4 Å². The van der Waals surface area contributed by atoms with Crippen LogP contribution in [-0.2, 0) is 38.9 Å². The zero-order valence-corrected chi connectivity index (χ0v) is 52.7. The van der Waals surface area contributed by atoms with Crippen molar-refractivity contribution in [3.05, 3.63) is 202 Å². The van der Waals surface area contributed by atoms with Crippen LogP contribution in [0.3, 0.4) is 0 Å². The Balaban J connectivity index is 1.10. The van der Waals surface area contributed by atoms with E-state index in [1.807, 2.05) is 0 Å². The van der Waals surface area contributed by atoms with E-state index in [0.717, 1.165) is 59.9 Å². The summed E-state index contributed by atoms with van der Waals surface area (Å²) in [6.45, 7) is 34.0. The third-order valence-electron chi connectivity index (χ3n) is 21.5. The van der Waals surface area contributed by atoms with Gasteiger partial charge < -0.3 is 14.2 Å². The number of para-hydroxylation sites is 2. The lowest BCUT2D eigenvalue weighted by Gasteiger charge is -2.46. The lowest BCUT2D eigenvalue weighted by Crippen LogP contribution is -2.61. The number of nitrogens with zero attached hydrogens (tertiary/aromatic N) is 3. The average Bonchev–Trinajstić information content (AvgIpc) is 3.42. The molecule has 4 nitrogen and oxygen atoms in total. The molecule has 426 valence electrons. The Morgan fingerprint density at radius 3 is 1.64 bits per heavy atom. The second-order valence-electron chi connectivity index (χ2n) is 30.0. The molecule has 3 heterocycles. The van der Waals surface area contributed by atoms with Crippen LogP contribution < -0.4 is 31.1 Å². The molecule has 0 saturated heterocycles. The van der Waals surface area contributed by atoms with E-state index >= 15 is 0 Å². The maximum absolute atomic E-state index is 7.75. The minimum atomic E-state index is -0.109. The Hall–Kier alpha value is -7.24. The lowest BCUT2D eigenvalue weighted by molar-refractivity contribution is 0.332. The van der Waals surface area contributed by atoms with Gasteiger partial charge in [0.1, 0.15) is 5.58 Å². The fourth-order valence-electron chi connectivity index (χ4n) is 16.1. The van der Waals surface area contributed by atoms with Crippen molar-refractivity contribution in [2.75, 3.05) is 14.7 Å². The SMILES string of the molecule is CCc1cc2oc3c(c2cc1C1(C)CCCC1)B1c2ccc(C(C)(C)C)cc2N(c2cc4c(cc2C)C(C)(C)CCC4(C)C)c2cc(-c4ccc(N(c5ccccc5)c5ccccc5)cc4)cc(c21)N3c1ccc2c(c1)C(C)(C)CCC2(C)C. The summed E-state index contributed by atoms with van der Waals surface area (Å²) in [5, 5.41) is 1.26. The van der Waals surface area contributed by atoms with Gasteiger partial charge in [0.25, 0.3) is 6.71 Å². The van der Waals surface area contributed by atoms with E-state index in [1.165, 1.54) is 132 Å². The maximum Gasteiger partial charge on any atom is 0.257 e. The smallest absolute Gasteiger partial charge is 0.257 e. The minimum absolute atomic E-state index is 0.000765. The van der Waals surface area contributed by atoms with Crippen molar-refractivity contribution in [2.24, 2.45) is 0 Å². The monoisotopic (exact) mass is 1100 g/mol. The standard InChI is InChI=1S/C79H86BN3O/c1-15-51-45-70-59(48-61(51)79(14)36-22-23-37-79)71-73(84-70)82(58-33-34-60-63(47-58)77(10,11)39-38-75(60,6)7)68-43-53(52-28-31-57(32-29-52)81(55-24-18-16-19-25-55)56-26-20-17-21-27-56)44-69-72(68)80(71)65-35-30-54(74(3,4)5)46-67(65)83(69)66-49-64-62(42-50(66)2)76(8,9)40-41-78(64,12)13/h16-21,24-35,42-49H,15,22-23,36-41H2,1-14H3. The van der Waals surface area contributed by atoms with Gasteiger partial charge in [-0.2, -0.15) is 0 Å². The van der Waals surface area contributed by atoms with Crippen molar-refractivity contribution >= 4 is 85.5 Å². The maximum atomic E-state index is 7.75. The average molecular weight is 1100 g/mol. The van der Waals surface area contributed by atoms with E-state index in [9.17, 15) is 0 Å². The van der Waals surface area contributed by atoms with Gasteiger partial charge in [0, 0.05) is 56.3 Å². The summed E-state index contributed by atoms with van der Waals surface area (Å²) in [7, 11) is 0. The predicted octanol–water partition coefficient (Wildman–Crippen LogP) is 20.4. The Kier molecular flexibility index (Phi) is 12.5. The quantitative estimate of drug-likeness (QED) is 0.141. The molecule has 5 aliphatic rings. The molecule has 9 aromatic rings. The van der Waals surface area contributed by atoms with Crippen molar-refractivity contribution in [3.63, 3.8) is 0 Å². The first-order chi connectivity index (χ1) is 40.0. The van der Waals surface area contributed by atoms with Crippen LogP contribution in [0.15, 0.2) is 162 Å². The molecule has 1 saturated carbocycles. The van der Waals surface area contributed by atoms with E-state index < -0.39 is 0 Å². The number of fused-ring (bicyclic) bond motifs is 8. The first-order valence-corrected chi connectivity index (χ1v) is 31.8. The summed E-state index contributed by atoms with van der Waals surface area (Å²) in [4.78, 5) is 7.67. The van der Waals surface area contributed by atoms with Gasteiger partial charge in [-0.3, -0.25) is 4.90 Å². The molecule has 0 spiro atoms. The van der Waals surface area contributed by atoms with E-state index in [4.69, 9.17) is 4.42 Å². The van der Waals surface area contributed by atoms with Crippen LogP contribution >= 0.6 is 0 Å². The van der Waals surface area contributed by atoms with E-state index in [2.05, 4.69) is 269 Å². The Morgan fingerprint density at radius 2 is 1.05 bits per heavy atom. The summed E-state index contributed by atoms with van der Waals surface area (Å²) >= 11 is 0. The summed E-state index contributed by atoms with van der Waals surface area (Å²) in [6, 6.07) is 61.3. The molecule has 0 amide bonds. The van der Waals surface area contributed by atoms with Crippen molar-refractivity contribution in [1.29, 1.82) is 0 Å². The van der Waals surface area contributed by atoms with Crippen LogP contribution in [0.2, 0.25) is 0 Å². The minimum Gasteiger partial charge on any atom is -0.440 e. The van der Waals surface area contributed by atoms with Gasteiger partial charge in [0.05, 0.1) is 0 Å². The highest BCUT2D eigenvalue weighted by molar-refractivity contribution is 7.01. The number of aryl methyl sites for hydroxylation is 2. The molecule has 8 aromatic carbocycles. The highest BCUT2D eigenvalue weighted by atomic mass is 16.4. The van der Waals surface area contributed by atoms with Crippen molar-refractivity contribution in [2.45, 2.75) is 187 Å². The molecular formula is C79H86BN3O. The molecule has 3 aliphatic carbocycles. The van der Waals surface area contributed by atoms with Crippen molar-refractivity contribution in [1.82, 2.24) is 0 Å². The lowest BCUT2D eigenvalue weighted by atomic mass is 9.33. The fraction of sp³-hybridized carbons (Fsp3) is 0.367. The molecule has 0 unspecified atom stereocenters. The van der Waals surface area contributed by atoms with Crippen LogP contribution in [0.25, 0.3) is 22.1 Å².